The molecule has 1 N–H and O–H groups in total. The van der Waals surface area contributed by atoms with Crippen molar-refractivity contribution in [1.29, 1.82) is 0 Å². The van der Waals surface area contributed by atoms with E-state index in [4.69, 9.17) is 0 Å². The molecule has 0 radical (unpaired) electrons. The molecular weight excluding hydrogens is 272 g/mol. The fraction of sp³-hybridized carbons (Fsp3) is 0.235. The van der Waals surface area contributed by atoms with E-state index in [-0.39, 0.29) is 11.5 Å². The quantitative estimate of drug-likeness (QED) is 0.889. The van der Waals surface area contributed by atoms with Crippen LogP contribution in [0.1, 0.15) is 35.2 Å². The summed E-state index contributed by atoms with van der Waals surface area (Å²) in [6.45, 7) is 2.44. The molecule has 0 fully saturated rings. The molecule has 21 heavy (non-hydrogen) atoms. The average molecular weight is 289 g/mol. The predicted molar refractivity (Wildman–Crippen MR) is 78.2 cm³/mol. The van der Waals surface area contributed by atoms with Crippen molar-refractivity contribution in [3.05, 3.63) is 71.3 Å². The zero-order valence-corrected chi connectivity index (χ0v) is 11.8. The number of carbonyl (C=O) groups excluding carboxylic acids is 1. The lowest BCUT2D eigenvalue weighted by Crippen LogP contribution is -2.29. The van der Waals surface area contributed by atoms with Gasteiger partial charge in [-0.1, -0.05) is 37.3 Å². The van der Waals surface area contributed by atoms with Gasteiger partial charge in [-0.25, -0.2) is 8.78 Å². The summed E-state index contributed by atoms with van der Waals surface area (Å²) in [5.74, 6) is -1.90. The highest BCUT2D eigenvalue weighted by Gasteiger charge is 2.15. The highest BCUT2D eigenvalue weighted by molar-refractivity contribution is 5.94. The van der Waals surface area contributed by atoms with E-state index in [1.54, 1.807) is 0 Å². The van der Waals surface area contributed by atoms with Gasteiger partial charge in [-0.05, 0) is 24.1 Å². The molecule has 4 heteroatoms. The summed E-state index contributed by atoms with van der Waals surface area (Å²) in [6, 6.07) is 12.8. The first-order valence-corrected chi connectivity index (χ1v) is 6.90. The van der Waals surface area contributed by atoms with Gasteiger partial charge in [0.15, 0.2) is 0 Å². The van der Waals surface area contributed by atoms with Crippen molar-refractivity contribution in [3.63, 3.8) is 0 Å². The molecule has 0 aliphatic rings. The maximum absolute atomic E-state index is 13.5. The van der Waals surface area contributed by atoms with Crippen molar-refractivity contribution in [2.75, 3.05) is 6.54 Å². The smallest absolute Gasteiger partial charge is 0.254 e. The molecule has 2 aromatic rings. The summed E-state index contributed by atoms with van der Waals surface area (Å²) in [7, 11) is 0. The Hall–Kier alpha value is -2.23. The Labute approximate surface area is 122 Å². The molecule has 0 heterocycles. The number of hydrogen-bond donors (Lipinski definition) is 1. The fourth-order valence-corrected chi connectivity index (χ4v) is 2.21. The Morgan fingerprint density at radius 3 is 2.48 bits per heavy atom. The molecule has 2 nitrogen and oxygen atoms in total. The SMILES string of the molecule is CCC(CNC(=O)c1ccc(F)cc1F)c1ccccc1. The van der Waals surface area contributed by atoms with Crippen molar-refractivity contribution in [2.24, 2.45) is 0 Å². The Bertz CT molecular complexity index is 613. The van der Waals surface area contributed by atoms with Gasteiger partial charge in [0.1, 0.15) is 11.6 Å². The van der Waals surface area contributed by atoms with Crippen LogP contribution in [0.25, 0.3) is 0 Å². The highest BCUT2D eigenvalue weighted by atomic mass is 19.1. The molecule has 1 unspecified atom stereocenters. The van der Waals surface area contributed by atoms with Crippen molar-refractivity contribution < 1.29 is 13.6 Å². The first kappa shape index (κ1) is 15.2. The fourth-order valence-electron chi connectivity index (χ4n) is 2.21. The molecule has 0 saturated heterocycles. The van der Waals surface area contributed by atoms with Crippen LogP contribution in [0, 0.1) is 11.6 Å². The van der Waals surface area contributed by atoms with Gasteiger partial charge < -0.3 is 5.32 Å². The number of halogens is 2. The molecule has 2 aromatic carbocycles. The largest absolute Gasteiger partial charge is 0.351 e. The highest BCUT2D eigenvalue weighted by Crippen LogP contribution is 2.18. The Morgan fingerprint density at radius 2 is 1.86 bits per heavy atom. The third kappa shape index (κ3) is 3.88. The van der Waals surface area contributed by atoms with Gasteiger partial charge in [0, 0.05) is 18.5 Å². The Balaban J connectivity index is 2.03. The number of rotatable bonds is 5. The van der Waals surface area contributed by atoms with Crippen LogP contribution in [0.4, 0.5) is 8.78 Å². The van der Waals surface area contributed by atoms with Crippen LogP contribution < -0.4 is 5.32 Å². The maximum atomic E-state index is 13.5. The number of amides is 1. The van der Waals surface area contributed by atoms with Crippen LogP contribution in [-0.4, -0.2) is 12.5 Å². The zero-order valence-electron chi connectivity index (χ0n) is 11.8. The maximum Gasteiger partial charge on any atom is 0.254 e. The van der Waals surface area contributed by atoms with Crippen molar-refractivity contribution in [1.82, 2.24) is 5.32 Å². The summed E-state index contributed by atoms with van der Waals surface area (Å²) in [6.07, 6.45) is 0.857. The molecule has 0 spiro atoms. The molecular formula is C17H17F2NO. The normalized spacial score (nSPS) is 12.0. The molecule has 2 rings (SSSR count). The minimum atomic E-state index is -0.847. The third-order valence-electron chi connectivity index (χ3n) is 3.45. The molecule has 110 valence electrons. The summed E-state index contributed by atoms with van der Waals surface area (Å²) in [4.78, 5) is 12.0. The van der Waals surface area contributed by atoms with Crippen LogP contribution in [0.3, 0.4) is 0 Å². The van der Waals surface area contributed by atoms with Crippen LogP contribution in [0.2, 0.25) is 0 Å². The standard InChI is InChI=1S/C17H17F2NO/c1-2-12(13-6-4-3-5-7-13)11-20-17(21)15-9-8-14(18)10-16(15)19/h3-10,12H,2,11H2,1H3,(H,20,21). The van der Waals surface area contributed by atoms with Crippen molar-refractivity contribution in [2.45, 2.75) is 19.3 Å². The van der Waals surface area contributed by atoms with Gasteiger partial charge >= 0.3 is 0 Å². The molecule has 0 aromatic heterocycles. The van der Waals surface area contributed by atoms with E-state index < -0.39 is 17.5 Å². The van der Waals surface area contributed by atoms with Crippen molar-refractivity contribution >= 4 is 5.91 Å². The second-order valence-electron chi connectivity index (χ2n) is 4.85. The molecule has 0 aliphatic carbocycles. The molecule has 1 atom stereocenters. The summed E-state index contributed by atoms with van der Waals surface area (Å²) < 4.78 is 26.4. The van der Waals surface area contributed by atoms with Crippen LogP contribution in [-0.2, 0) is 0 Å². The van der Waals surface area contributed by atoms with E-state index >= 15 is 0 Å². The van der Waals surface area contributed by atoms with E-state index in [0.717, 1.165) is 24.1 Å². The first-order chi connectivity index (χ1) is 10.1. The van der Waals surface area contributed by atoms with E-state index in [1.807, 2.05) is 37.3 Å². The number of nitrogens with one attached hydrogen (secondary N) is 1. The van der Waals surface area contributed by atoms with Crippen LogP contribution in [0.5, 0.6) is 0 Å². The monoisotopic (exact) mass is 289 g/mol. The van der Waals surface area contributed by atoms with E-state index in [1.165, 1.54) is 0 Å². The predicted octanol–water partition coefficient (Wildman–Crippen LogP) is 3.89. The lowest BCUT2D eigenvalue weighted by molar-refractivity contribution is 0.0947. The molecule has 0 bridgehead atoms. The Morgan fingerprint density at radius 1 is 1.14 bits per heavy atom. The minimum absolute atomic E-state index is 0.140. The zero-order chi connectivity index (χ0) is 15.2. The minimum Gasteiger partial charge on any atom is -0.351 e. The van der Waals surface area contributed by atoms with Gasteiger partial charge in [0.05, 0.1) is 5.56 Å². The van der Waals surface area contributed by atoms with Gasteiger partial charge in [-0.2, -0.15) is 0 Å². The first-order valence-electron chi connectivity index (χ1n) is 6.90. The molecule has 1 amide bonds. The molecule has 0 aliphatic heterocycles. The number of hydrogen-bond acceptors (Lipinski definition) is 1. The van der Waals surface area contributed by atoms with E-state index in [2.05, 4.69) is 5.32 Å². The van der Waals surface area contributed by atoms with Crippen molar-refractivity contribution in [3.8, 4) is 0 Å². The number of carbonyl (C=O) groups is 1. The van der Waals surface area contributed by atoms with Gasteiger partial charge in [-0.3, -0.25) is 4.79 Å². The summed E-state index contributed by atoms with van der Waals surface area (Å²) in [5.41, 5.74) is 0.985. The van der Waals surface area contributed by atoms with Gasteiger partial charge in [-0.15, -0.1) is 0 Å². The van der Waals surface area contributed by atoms with Gasteiger partial charge in [0.2, 0.25) is 0 Å². The van der Waals surface area contributed by atoms with E-state index in [0.29, 0.717) is 12.6 Å². The second kappa shape index (κ2) is 6.97. The molecule has 0 saturated carbocycles. The lowest BCUT2D eigenvalue weighted by Gasteiger charge is -2.16. The van der Waals surface area contributed by atoms with Crippen LogP contribution >= 0.6 is 0 Å². The Kier molecular flexibility index (Phi) is 5.04. The topological polar surface area (TPSA) is 29.1 Å². The third-order valence-corrected chi connectivity index (χ3v) is 3.45. The van der Waals surface area contributed by atoms with Crippen LogP contribution in [0.15, 0.2) is 48.5 Å². The lowest BCUT2D eigenvalue weighted by atomic mass is 9.96. The van der Waals surface area contributed by atoms with E-state index in [9.17, 15) is 13.6 Å². The summed E-state index contributed by atoms with van der Waals surface area (Å²) in [5, 5.41) is 2.71. The second-order valence-corrected chi connectivity index (χ2v) is 4.85. The number of benzene rings is 2. The average Bonchev–Trinajstić information content (AvgIpc) is 2.48. The van der Waals surface area contributed by atoms with Gasteiger partial charge in [0.25, 0.3) is 5.91 Å². The summed E-state index contributed by atoms with van der Waals surface area (Å²) >= 11 is 0.